The smallest absolute Gasteiger partial charge is 0.266 e. The van der Waals surface area contributed by atoms with E-state index >= 15 is 0 Å². The standard InChI is InChI=1S/C13H14N2O2S/c1-10-6-7-13(17)15(14-10)8-2-4-11(16)12-5-3-9-18-12/h3,5-7,9H,2,4,8H2,1H3. The number of Topliss-reactive ketones (excluding diaryl/α,β-unsaturated/α-hetero) is 1. The number of thiophene rings is 1. The van der Waals surface area contributed by atoms with E-state index in [1.807, 2.05) is 24.4 Å². The molecule has 0 bridgehead atoms. The number of rotatable bonds is 5. The van der Waals surface area contributed by atoms with Crippen LogP contribution in [0.3, 0.4) is 0 Å². The van der Waals surface area contributed by atoms with E-state index in [1.54, 1.807) is 6.07 Å². The Morgan fingerprint density at radius 1 is 1.39 bits per heavy atom. The molecule has 18 heavy (non-hydrogen) atoms. The minimum Gasteiger partial charge on any atom is -0.293 e. The number of carbonyl (C=O) groups excluding carboxylic acids is 1. The SMILES string of the molecule is Cc1ccc(=O)n(CCCC(=O)c2cccs2)n1. The molecule has 0 aliphatic carbocycles. The Morgan fingerprint density at radius 2 is 2.22 bits per heavy atom. The Morgan fingerprint density at radius 3 is 2.94 bits per heavy atom. The predicted molar refractivity (Wildman–Crippen MR) is 71.1 cm³/mol. The van der Waals surface area contributed by atoms with Crippen molar-refractivity contribution in [1.29, 1.82) is 0 Å². The first-order valence-corrected chi connectivity index (χ1v) is 6.66. The molecule has 5 heteroatoms. The summed E-state index contributed by atoms with van der Waals surface area (Å²) in [6.07, 6.45) is 1.08. The van der Waals surface area contributed by atoms with Crippen molar-refractivity contribution < 1.29 is 4.79 Å². The predicted octanol–water partition coefficient (Wildman–Crippen LogP) is 2.28. The van der Waals surface area contributed by atoms with Crippen LogP contribution >= 0.6 is 11.3 Å². The highest BCUT2D eigenvalue weighted by molar-refractivity contribution is 7.12. The third-order valence-corrected chi connectivity index (χ3v) is 3.48. The van der Waals surface area contributed by atoms with Crippen LogP contribution in [-0.4, -0.2) is 15.6 Å². The van der Waals surface area contributed by atoms with Gasteiger partial charge in [-0.15, -0.1) is 11.3 Å². The summed E-state index contributed by atoms with van der Waals surface area (Å²) in [4.78, 5) is 24.0. The third-order valence-electron chi connectivity index (χ3n) is 2.57. The highest BCUT2D eigenvalue weighted by Gasteiger charge is 2.06. The van der Waals surface area contributed by atoms with Crippen molar-refractivity contribution >= 4 is 17.1 Å². The molecule has 4 nitrogen and oxygen atoms in total. The molecule has 2 heterocycles. The molecule has 2 aromatic heterocycles. The summed E-state index contributed by atoms with van der Waals surface area (Å²) in [6.45, 7) is 2.32. The maximum absolute atomic E-state index is 11.8. The van der Waals surface area contributed by atoms with E-state index in [1.165, 1.54) is 22.1 Å². The molecule has 0 saturated carbocycles. The fraction of sp³-hybridized carbons (Fsp3) is 0.308. The average Bonchev–Trinajstić information content (AvgIpc) is 2.87. The van der Waals surface area contributed by atoms with Crippen molar-refractivity contribution in [1.82, 2.24) is 9.78 Å². The van der Waals surface area contributed by atoms with Crippen molar-refractivity contribution in [2.75, 3.05) is 0 Å². The molecule has 0 radical (unpaired) electrons. The zero-order valence-corrected chi connectivity index (χ0v) is 10.9. The van der Waals surface area contributed by atoms with Gasteiger partial charge in [0.15, 0.2) is 5.78 Å². The first-order valence-electron chi connectivity index (χ1n) is 5.78. The van der Waals surface area contributed by atoms with Crippen molar-refractivity contribution in [3.05, 3.63) is 50.6 Å². The number of aromatic nitrogens is 2. The Bertz CT molecular complexity index is 587. The Labute approximate surface area is 109 Å². The molecule has 0 aliphatic rings. The molecule has 2 rings (SSSR count). The summed E-state index contributed by atoms with van der Waals surface area (Å²) in [5.74, 6) is 0.130. The van der Waals surface area contributed by atoms with Gasteiger partial charge in [0.2, 0.25) is 0 Å². The van der Waals surface area contributed by atoms with Crippen molar-refractivity contribution in [2.45, 2.75) is 26.3 Å². The van der Waals surface area contributed by atoms with Crippen LogP contribution in [0.4, 0.5) is 0 Å². The second-order valence-corrected chi connectivity index (χ2v) is 4.99. The van der Waals surface area contributed by atoms with Gasteiger partial charge in [0.05, 0.1) is 10.6 Å². The van der Waals surface area contributed by atoms with E-state index in [0.717, 1.165) is 10.6 Å². The molecule has 0 aromatic carbocycles. The van der Waals surface area contributed by atoms with Gasteiger partial charge in [-0.2, -0.15) is 5.10 Å². The van der Waals surface area contributed by atoms with Crippen molar-refractivity contribution in [3.63, 3.8) is 0 Å². The van der Waals surface area contributed by atoms with Crippen LogP contribution in [0.15, 0.2) is 34.4 Å². The molecule has 0 amide bonds. The molecule has 0 N–H and O–H groups in total. The largest absolute Gasteiger partial charge is 0.293 e. The van der Waals surface area contributed by atoms with Crippen molar-refractivity contribution in [3.8, 4) is 0 Å². The van der Waals surface area contributed by atoms with Crippen LogP contribution in [0.2, 0.25) is 0 Å². The van der Waals surface area contributed by atoms with E-state index in [4.69, 9.17) is 0 Å². The topological polar surface area (TPSA) is 52.0 Å². The lowest BCUT2D eigenvalue weighted by atomic mass is 10.2. The molecule has 0 atom stereocenters. The number of ketones is 1. The number of nitrogens with zero attached hydrogens (tertiary/aromatic N) is 2. The van der Waals surface area contributed by atoms with Gasteiger partial charge < -0.3 is 0 Å². The summed E-state index contributed by atoms with van der Waals surface area (Å²) >= 11 is 1.45. The molecule has 94 valence electrons. The van der Waals surface area contributed by atoms with E-state index in [-0.39, 0.29) is 11.3 Å². The van der Waals surface area contributed by atoms with Crippen molar-refractivity contribution in [2.24, 2.45) is 0 Å². The van der Waals surface area contributed by atoms with E-state index < -0.39 is 0 Å². The minimum absolute atomic E-state index is 0.121. The van der Waals surface area contributed by atoms with Crippen LogP contribution < -0.4 is 5.56 Å². The van der Waals surface area contributed by atoms with Gasteiger partial charge in [0.1, 0.15) is 0 Å². The van der Waals surface area contributed by atoms with Crippen LogP contribution in [0, 0.1) is 6.92 Å². The monoisotopic (exact) mass is 262 g/mol. The van der Waals surface area contributed by atoms with Gasteiger partial charge in [-0.25, -0.2) is 4.68 Å². The molecule has 0 fully saturated rings. The maximum Gasteiger partial charge on any atom is 0.266 e. The van der Waals surface area contributed by atoms with Gasteiger partial charge in [0.25, 0.3) is 5.56 Å². The second-order valence-electron chi connectivity index (χ2n) is 4.04. The zero-order valence-electron chi connectivity index (χ0n) is 10.1. The highest BCUT2D eigenvalue weighted by Crippen LogP contribution is 2.12. The quantitative estimate of drug-likeness (QED) is 0.777. The van der Waals surface area contributed by atoms with E-state index in [0.29, 0.717) is 19.4 Å². The first-order chi connectivity index (χ1) is 8.66. The van der Waals surface area contributed by atoms with Crippen LogP contribution in [0.25, 0.3) is 0 Å². The maximum atomic E-state index is 11.8. The summed E-state index contributed by atoms with van der Waals surface area (Å²) in [5.41, 5.74) is 0.684. The second kappa shape index (κ2) is 5.73. The minimum atomic E-state index is -0.121. The fourth-order valence-electron chi connectivity index (χ4n) is 1.66. The third kappa shape index (κ3) is 3.13. The van der Waals surface area contributed by atoms with Gasteiger partial charge in [-0.3, -0.25) is 9.59 Å². The first kappa shape index (κ1) is 12.7. The van der Waals surface area contributed by atoms with Crippen LogP contribution in [-0.2, 0) is 6.54 Å². The van der Waals surface area contributed by atoms with Gasteiger partial charge in [-0.1, -0.05) is 6.07 Å². The molecule has 2 aromatic rings. The molecule has 0 unspecified atom stereocenters. The summed E-state index contributed by atoms with van der Waals surface area (Å²) in [7, 11) is 0. The number of hydrogen-bond acceptors (Lipinski definition) is 4. The highest BCUT2D eigenvalue weighted by atomic mass is 32.1. The molecule has 0 saturated heterocycles. The molecule has 0 aliphatic heterocycles. The Hall–Kier alpha value is -1.75. The van der Waals surface area contributed by atoms with Crippen LogP contribution in [0.1, 0.15) is 28.2 Å². The number of hydrogen-bond donors (Lipinski definition) is 0. The normalized spacial score (nSPS) is 10.5. The molecular weight excluding hydrogens is 248 g/mol. The lowest BCUT2D eigenvalue weighted by molar-refractivity contribution is 0.0982. The zero-order chi connectivity index (χ0) is 13.0. The van der Waals surface area contributed by atoms with Gasteiger partial charge in [-0.05, 0) is 30.9 Å². The van der Waals surface area contributed by atoms with E-state index in [2.05, 4.69) is 5.10 Å². The van der Waals surface area contributed by atoms with Crippen LogP contribution in [0.5, 0.6) is 0 Å². The van der Waals surface area contributed by atoms with E-state index in [9.17, 15) is 9.59 Å². The Kier molecular flexibility index (Phi) is 4.04. The number of aryl methyl sites for hydroxylation is 2. The van der Waals surface area contributed by atoms with Gasteiger partial charge in [0, 0.05) is 19.0 Å². The lowest BCUT2D eigenvalue weighted by Gasteiger charge is -2.04. The molecule has 0 spiro atoms. The Balaban J connectivity index is 1.91. The molecular formula is C13H14N2O2S. The average molecular weight is 262 g/mol. The lowest BCUT2D eigenvalue weighted by Crippen LogP contribution is -2.22. The van der Waals surface area contributed by atoms with Gasteiger partial charge >= 0.3 is 0 Å². The fourth-order valence-corrected chi connectivity index (χ4v) is 2.36. The number of carbonyl (C=O) groups is 1. The summed E-state index contributed by atoms with van der Waals surface area (Å²) in [5, 5.41) is 6.02. The summed E-state index contributed by atoms with van der Waals surface area (Å²) in [6, 6.07) is 6.88. The summed E-state index contributed by atoms with van der Waals surface area (Å²) < 4.78 is 1.41.